The van der Waals surface area contributed by atoms with Crippen LogP contribution in [-0.4, -0.2) is 16.1 Å². The van der Waals surface area contributed by atoms with Gasteiger partial charge in [-0.3, -0.25) is 9.78 Å². The Morgan fingerprint density at radius 1 is 1.32 bits per heavy atom. The summed E-state index contributed by atoms with van der Waals surface area (Å²) in [6.07, 6.45) is -4.79. The van der Waals surface area contributed by atoms with Crippen molar-refractivity contribution in [2.45, 2.75) is 19.5 Å². The smallest absolute Gasteiger partial charge is 0.416 e. The first-order valence-corrected chi connectivity index (χ1v) is 5.46. The fourth-order valence-electron chi connectivity index (χ4n) is 1.93. The molecule has 2 rings (SSSR count). The van der Waals surface area contributed by atoms with Crippen molar-refractivity contribution in [2.24, 2.45) is 0 Å². The number of pyridine rings is 1. The van der Waals surface area contributed by atoms with Gasteiger partial charge in [-0.15, -0.1) is 0 Å². The summed E-state index contributed by atoms with van der Waals surface area (Å²) in [5.74, 6) is -1.09. The van der Waals surface area contributed by atoms with Crippen LogP contribution in [0, 0.1) is 6.92 Å². The largest absolute Gasteiger partial charge is 0.481 e. The maximum absolute atomic E-state index is 12.7. The van der Waals surface area contributed by atoms with E-state index in [1.54, 1.807) is 6.92 Å². The lowest BCUT2D eigenvalue weighted by molar-refractivity contribution is -0.137. The molecule has 0 aliphatic carbocycles. The lowest BCUT2D eigenvalue weighted by Gasteiger charge is -2.10. The molecule has 19 heavy (non-hydrogen) atoms. The fraction of sp³-hybridized carbons (Fsp3) is 0.231. The molecule has 0 saturated carbocycles. The zero-order valence-electron chi connectivity index (χ0n) is 9.95. The van der Waals surface area contributed by atoms with Crippen molar-refractivity contribution in [3.8, 4) is 0 Å². The number of carbonyl (C=O) groups is 1. The van der Waals surface area contributed by atoms with Crippen LogP contribution in [0.3, 0.4) is 0 Å². The molecule has 1 N–H and O–H groups in total. The minimum Gasteiger partial charge on any atom is -0.481 e. The van der Waals surface area contributed by atoms with Crippen LogP contribution in [0.15, 0.2) is 24.3 Å². The number of carboxylic acids is 1. The quantitative estimate of drug-likeness (QED) is 0.910. The highest BCUT2D eigenvalue weighted by atomic mass is 19.4. The number of alkyl halides is 3. The molecule has 0 aliphatic heterocycles. The number of rotatable bonds is 2. The average Bonchev–Trinajstić information content (AvgIpc) is 2.26. The number of halogens is 3. The second-order valence-electron chi connectivity index (χ2n) is 4.22. The van der Waals surface area contributed by atoms with Crippen molar-refractivity contribution in [1.29, 1.82) is 0 Å². The third kappa shape index (κ3) is 2.83. The van der Waals surface area contributed by atoms with E-state index in [-0.39, 0.29) is 11.8 Å². The molecule has 0 amide bonds. The Hall–Kier alpha value is -2.11. The monoisotopic (exact) mass is 269 g/mol. The molecule has 0 bridgehead atoms. The minimum absolute atomic E-state index is 0.225. The number of nitrogens with zero attached hydrogens (tertiary/aromatic N) is 1. The maximum Gasteiger partial charge on any atom is 0.416 e. The lowest BCUT2D eigenvalue weighted by atomic mass is 10.0. The first-order chi connectivity index (χ1) is 8.77. The molecule has 100 valence electrons. The zero-order valence-corrected chi connectivity index (χ0v) is 9.95. The third-order valence-electron chi connectivity index (χ3n) is 2.69. The van der Waals surface area contributed by atoms with E-state index in [1.165, 1.54) is 12.1 Å². The van der Waals surface area contributed by atoms with E-state index in [9.17, 15) is 18.0 Å². The molecule has 0 unspecified atom stereocenters. The number of fused-ring (bicyclic) bond motifs is 1. The van der Waals surface area contributed by atoms with Crippen LogP contribution in [0.2, 0.25) is 0 Å². The van der Waals surface area contributed by atoms with Gasteiger partial charge in [0.2, 0.25) is 0 Å². The highest BCUT2D eigenvalue weighted by Gasteiger charge is 2.30. The number of aromatic nitrogens is 1. The number of benzene rings is 1. The highest BCUT2D eigenvalue weighted by molar-refractivity contribution is 5.86. The summed E-state index contributed by atoms with van der Waals surface area (Å²) < 4.78 is 38.0. The summed E-state index contributed by atoms with van der Waals surface area (Å²) in [4.78, 5) is 14.9. The average molecular weight is 269 g/mol. The van der Waals surface area contributed by atoms with Gasteiger partial charge in [0.05, 0.1) is 17.5 Å². The van der Waals surface area contributed by atoms with Crippen molar-refractivity contribution in [3.05, 3.63) is 41.1 Å². The van der Waals surface area contributed by atoms with Crippen LogP contribution in [0.25, 0.3) is 10.9 Å². The summed E-state index contributed by atoms with van der Waals surface area (Å²) in [7, 11) is 0. The van der Waals surface area contributed by atoms with Crippen molar-refractivity contribution in [2.75, 3.05) is 0 Å². The van der Waals surface area contributed by atoms with Crippen molar-refractivity contribution in [1.82, 2.24) is 4.98 Å². The van der Waals surface area contributed by atoms with Crippen LogP contribution >= 0.6 is 0 Å². The fourth-order valence-corrected chi connectivity index (χ4v) is 1.93. The number of carboxylic acid groups (broad SMARTS) is 1. The predicted molar refractivity (Wildman–Crippen MR) is 62.8 cm³/mol. The molecule has 0 radical (unpaired) electrons. The first kappa shape index (κ1) is 13.3. The topological polar surface area (TPSA) is 50.2 Å². The Labute approximate surface area is 106 Å². The summed E-state index contributed by atoms with van der Waals surface area (Å²) >= 11 is 0. The van der Waals surface area contributed by atoms with Gasteiger partial charge in [0, 0.05) is 11.1 Å². The van der Waals surface area contributed by atoms with Crippen molar-refractivity contribution < 1.29 is 23.1 Å². The summed E-state index contributed by atoms with van der Waals surface area (Å²) in [6, 6.07) is 4.65. The Morgan fingerprint density at radius 2 is 2.00 bits per heavy atom. The summed E-state index contributed by atoms with van der Waals surface area (Å²) in [5, 5.41) is 9.03. The Balaban J connectivity index is 2.68. The molecule has 1 aromatic heterocycles. The molecule has 0 aliphatic rings. The predicted octanol–water partition coefficient (Wildman–Crippen LogP) is 3.19. The van der Waals surface area contributed by atoms with E-state index in [1.807, 2.05) is 0 Å². The molecule has 0 saturated heterocycles. The van der Waals surface area contributed by atoms with Gasteiger partial charge < -0.3 is 5.11 Å². The van der Waals surface area contributed by atoms with Crippen LogP contribution < -0.4 is 0 Å². The van der Waals surface area contributed by atoms with E-state index in [0.29, 0.717) is 16.8 Å². The van der Waals surface area contributed by atoms with Crippen molar-refractivity contribution in [3.63, 3.8) is 0 Å². The molecule has 6 heteroatoms. The Bertz CT molecular complexity index is 650. The van der Waals surface area contributed by atoms with Gasteiger partial charge in [0.1, 0.15) is 0 Å². The van der Waals surface area contributed by atoms with Gasteiger partial charge in [-0.05, 0) is 36.8 Å². The van der Waals surface area contributed by atoms with Gasteiger partial charge in [0.15, 0.2) is 0 Å². The Morgan fingerprint density at radius 3 is 2.58 bits per heavy atom. The van der Waals surface area contributed by atoms with Gasteiger partial charge in [-0.25, -0.2) is 0 Å². The van der Waals surface area contributed by atoms with Crippen molar-refractivity contribution >= 4 is 16.9 Å². The molecular weight excluding hydrogens is 259 g/mol. The molecule has 1 aromatic carbocycles. The van der Waals surface area contributed by atoms with E-state index < -0.39 is 17.7 Å². The Kier molecular flexibility index (Phi) is 3.18. The molecule has 2 aromatic rings. The third-order valence-corrected chi connectivity index (χ3v) is 2.69. The second-order valence-corrected chi connectivity index (χ2v) is 4.22. The standard InChI is InChI=1S/C13H10F3NO2/c1-7-4-8(5-12(18)19)10-6-9(13(14,15)16)2-3-11(10)17-7/h2-4,6H,5H2,1H3,(H,18,19). The SMILES string of the molecule is Cc1cc(CC(=O)O)c2cc(C(F)(F)F)ccc2n1. The molecule has 0 atom stereocenters. The number of aryl methyl sites for hydroxylation is 1. The van der Waals surface area contributed by atoms with Crippen LogP contribution in [0.4, 0.5) is 13.2 Å². The molecule has 0 spiro atoms. The highest BCUT2D eigenvalue weighted by Crippen LogP contribution is 2.32. The maximum atomic E-state index is 12.7. The molecular formula is C13H10F3NO2. The van der Waals surface area contributed by atoms with E-state index in [0.717, 1.165) is 12.1 Å². The van der Waals surface area contributed by atoms with E-state index >= 15 is 0 Å². The lowest BCUT2D eigenvalue weighted by Crippen LogP contribution is -2.06. The molecule has 1 heterocycles. The number of hydrogen-bond acceptors (Lipinski definition) is 2. The summed E-state index contributed by atoms with van der Waals surface area (Å²) in [6.45, 7) is 1.67. The number of hydrogen-bond donors (Lipinski definition) is 1. The van der Waals surface area contributed by atoms with Crippen LogP contribution in [0.5, 0.6) is 0 Å². The first-order valence-electron chi connectivity index (χ1n) is 5.46. The second kappa shape index (κ2) is 4.53. The van der Waals surface area contributed by atoms with Gasteiger partial charge in [0.25, 0.3) is 0 Å². The van der Waals surface area contributed by atoms with Crippen LogP contribution in [-0.2, 0) is 17.4 Å². The van der Waals surface area contributed by atoms with Gasteiger partial charge in [-0.2, -0.15) is 13.2 Å². The zero-order chi connectivity index (χ0) is 14.2. The van der Waals surface area contributed by atoms with Crippen LogP contribution in [0.1, 0.15) is 16.8 Å². The van der Waals surface area contributed by atoms with Gasteiger partial charge in [-0.1, -0.05) is 0 Å². The summed E-state index contributed by atoms with van der Waals surface area (Å²) in [5.41, 5.74) is 0.464. The minimum atomic E-state index is -4.46. The normalized spacial score (nSPS) is 11.8. The molecule has 0 fully saturated rings. The molecule has 3 nitrogen and oxygen atoms in total. The number of aliphatic carboxylic acids is 1. The van der Waals surface area contributed by atoms with E-state index in [2.05, 4.69) is 4.98 Å². The van der Waals surface area contributed by atoms with Gasteiger partial charge >= 0.3 is 12.1 Å². The van der Waals surface area contributed by atoms with E-state index in [4.69, 9.17) is 5.11 Å².